The van der Waals surface area contributed by atoms with E-state index in [0.717, 1.165) is 22.0 Å². The molecule has 124 valence electrons. The van der Waals surface area contributed by atoms with Crippen LogP contribution in [0.2, 0.25) is 5.02 Å². The molecular formula is C19H14ClN3O2. The molecule has 0 aliphatic carbocycles. The van der Waals surface area contributed by atoms with Gasteiger partial charge < -0.3 is 14.8 Å². The van der Waals surface area contributed by atoms with E-state index in [1.807, 2.05) is 43.5 Å². The van der Waals surface area contributed by atoms with Crippen molar-refractivity contribution in [1.29, 1.82) is 0 Å². The monoisotopic (exact) mass is 351 g/mol. The standard InChI is InChI=1S/C19H14ClN3O2/c1-11-5-6-12(20)9-16(11)22-19(24)17-10-18(25-23-17)14-3-2-4-15-13(14)7-8-21-15/h2-10,21H,1H3,(H,22,24). The van der Waals surface area contributed by atoms with Crippen LogP contribution in [0.25, 0.3) is 22.2 Å². The van der Waals surface area contributed by atoms with E-state index in [4.69, 9.17) is 16.1 Å². The zero-order chi connectivity index (χ0) is 17.4. The Kier molecular flexibility index (Phi) is 3.78. The van der Waals surface area contributed by atoms with Gasteiger partial charge in [-0.1, -0.05) is 35.0 Å². The number of rotatable bonds is 3. The highest BCUT2D eigenvalue weighted by Crippen LogP contribution is 2.29. The number of nitrogens with one attached hydrogen (secondary N) is 2. The summed E-state index contributed by atoms with van der Waals surface area (Å²) in [6, 6.07) is 14.8. The normalized spacial score (nSPS) is 11.0. The number of benzene rings is 2. The number of amides is 1. The summed E-state index contributed by atoms with van der Waals surface area (Å²) < 4.78 is 5.39. The summed E-state index contributed by atoms with van der Waals surface area (Å²) in [6.07, 6.45) is 1.86. The summed E-state index contributed by atoms with van der Waals surface area (Å²) in [4.78, 5) is 15.6. The molecule has 0 aliphatic rings. The van der Waals surface area contributed by atoms with Crippen LogP contribution in [0.15, 0.2) is 59.3 Å². The molecule has 0 unspecified atom stereocenters. The van der Waals surface area contributed by atoms with Crippen LogP contribution in [0.3, 0.4) is 0 Å². The third-order valence-electron chi connectivity index (χ3n) is 4.05. The maximum Gasteiger partial charge on any atom is 0.277 e. The lowest BCUT2D eigenvalue weighted by Gasteiger charge is -2.06. The molecule has 0 bridgehead atoms. The molecule has 4 aromatic rings. The number of nitrogens with zero attached hydrogens (tertiary/aromatic N) is 1. The highest BCUT2D eigenvalue weighted by Gasteiger charge is 2.16. The average molecular weight is 352 g/mol. The minimum atomic E-state index is -0.346. The number of aryl methyl sites for hydroxylation is 1. The fourth-order valence-electron chi connectivity index (χ4n) is 2.72. The minimum absolute atomic E-state index is 0.210. The highest BCUT2D eigenvalue weighted by atomic mass is 35.5. The number of aromatic amines is 1. The van der Waals surface area contributed by atoms with Crippen molar-refractivity contribution in [2.75, 3.05) is 5.32 Å². The van der Waals surface area contributed by atoms with E-state index in [2.05, 4.69) is 15.5 Å². The second-order valence-corrected chi connectivity index (χ2v) is 6.17. The van der Waals surface area contributed by atoms with E-state index >= 15 is 0 Å². The van der Waals surface area contributed by atoms with Crippen molar-refractivity contribution in [3.63, 3.8) is 0 Å². The van der Waals surface area contributed by atoms with Crippen molar-refractivity contribution in [2.24, 2.45) is 0 Å². The number of hydrogen-bond acceptors (Lipinski definition) is 3. The van der Waals surface area contributed by atoms with E-state index in [1.165, 1.54) is 0 Å². The molecule has 0 saturated carbocycles. The summed E-state index contributed by atoms with van der Waals surface area (Å²) in [5, 5.41) is 8.28. The van der Waals surface area contributed by atoms with E-state index in [9.17, 15) is 4.79 Å². The predicted molar refractivity (Wildman–Crippen MR) is 97.9 cm³/mol. The Labute approximate surface area is 148 Å². The molecule has 5 nitrogen and oxygen atoms in total. The van der Waals surface area contributed by atoms with Crippen LogP contribution in [0, 0.1) is 6.92 Å². The number of H-pyrrole nitrogens is 1. The smallest absolute Gasteiger partial charge is 0.277 e. The van der Waals surface area contributed by atoms with Gasteiger partial charge in [-0.15, -0.1) is 0 Å². The van der Waals surface area contributed by atoms with Crippen LogP contribution in [-0.4, -0.2) is 16.0 Å². The van der Waals surface area contributed by atoms with Crippen molar-refractivity contribution >= 4 is 34.1 Å². The molecule has 4 rings (SSSR count). The lowest BCUT2D eigenvalue weighted by atomic mass is 10.1. The first-order valence-corrected chi connectivity index (χ1v) is 8.10. The fraction of sp³-hybridized carbons (Fsp3) is 0.0526. The van der Waals surface area contributed by atoms with Gasteiger partial charge in [0.1, 0.15) is 0 Å². The Morgan fingerprint density at radius 1 is 1.20 bits per heavy atom. The maximum atomic E-state index is 12.5. The third-order valence-corrected chi connectivity index (χ3v) is 4.29. The van der Waals surface area contributed by atoms with Gasteiger partial charge in [-0.2, -0.15) is 0 Å². The Balaban J connectivity index is 1.64. The Hall–Kier alpha value is -3.05. The first kappa shape index (κ1) is 15.5. The quantitative estimate of drug-likeness (QED) is 0.543. The molecule has 0 fully saturated rings. The molecule has 2 aromatic heterocycles. The molecule has 0 saturated heterocycles. The molecule has 0 atom stereocenters. The minimum Gasteiger partial charge on any atom is -0.361 e. The number of hydrogen-bond donors (Lipinski definition) is 2. The highest BCUT2D eigenvalue weighted by molar-refractivity contribution is 6.31. The zero-order valence-electron chi connectivity index (χ0n) is 13.3. The van der Waals surface area contributed by atoms with Crippen LogP contribution in [-0.2, 0) is 0 Å². The molecule has 2 aromatic carbocycles. The molecule has 6 heteroatoms. The molecular weight excluding hydrogens is 338 g/mol. The van der Waals surface area contributed by atoms with Gasteiger partial charge in [0.25, 0.3) is 5.91 Å². The van der Waals surface area contributed by atoms with Crippen LogP contribution >= 0.6 is 11.6 Å². The SMILES string of the molecule is Cc1ccc(Cl)cc1NC(=O)c1cc(-c2cccc3[nH]ccc23)on1. The van der Waals surface area contributed by atoms with Gasteiger partial charge in [-0.05, 0) is 36.8 Å². The lowest BCUT2D eigenvalue weighted by molar-refractivity contribution is 0.101. The first-order valence-electron chi connectivity index (χ1n) is 7.72. The largest absolute Gasteiger partial charge is 0.361 e. The third kappa shape index (κ3) is 2.90. The lowest BCUT2D eigenvalue weighted by Crippen LogP contribution is -2.13. The first-order chi connectivity index (χ1) is 12.1. The van der Waals surface area contributed by atoms with Gasteiger partial charge in [0.15, 0.2) is 11.5 Å². The number of anilines is 1. The maximum absolute atomic E-state index is 12.5. The molecule has 1 amide bonds. The number of carbonyl (C=O) groups is 1. The second kappa shape index (κ2) is 6.11. The van der Waals surface area contributed by atoms with Crippen LogP contribution in [0.5, 0.6) is 0 Å². The number of carbonyl (C=O) groups excluding carboxylic acids is 1. The van der Waals surface area contributed by atoms with Crippen molar-refractivity contribution < 1.29 is 9.32 Å². The summed E-state index contributed by atoms with van der Waals surface area (Å²) in [5.41, 5.74) is 3.65. The van der Waals surface area contributed by atoms with E-state index < -0.39 is 0 Å². The van der Waals surface area contributed by atoms with Crippen molar-refractivity contribution in [3.8, 4) is 11.3 Å². The van der Waals surface area contributed by atoms with E-state index in [0.29, 0.717) is 16.5 Å². The van der Waals surface area contributed by atoms with Gasteiger partial charge in [0.05, 0.1) is 0 Å². The van der Waals surface area contributed by atoms with E-state index in [-0.39, 0.29) is 11.6 Å². The Morgan fingerprint density at radius 3 is 2.96 bits per heavy atom. The van der Waals surface area contributed by atoms with Gasteiger partial charge >= 0.3 is 0 Å². The Bertz CT molecular complexity index is 1080. The number of fused-ring (bicyclic) bond motifs is 1. The second-order valence-electron chi connectivity index (χ2n) is 5.73. The van der Waals surface area contributed by atoms with Crippen molar-refractivity contribution in [2.45, 2.75) is 6.92 Å². The molecule has 2 N–H and O–H groups in total. The molecule has 0 aliphatic heterocycles. The summed E-state index contributed by atoms with van der Waals surface area (Å²) >= 11 is 5.99. The Morgan fingerprint density at radius 2 is 2.08 bits per heavy atom. The zero-order valence-corrected chi connectivity index (χ0v) is 14.1. The van der Waals surface area contributed by atoms with Crippen LogP contribution in [0.4, 0.5) is 5.69 Å². The average Bonchev–Trinajstić information content (AvgIpc) is 3.26. The fourth-order valence-corrected chi connectivity index (χ4v) is 2.90. The summed E-state index contributed by atoms with van der Waals surface area (Å²) in [6.45, 7) is 1.90. The molecule has 2 heterocycles. The van der Waals surface area contributed by atoms with Crippen LogP contribution in [0.1, 0.15) is 16.1 Å². The summed E-state index contributed by atoms with van der Waals surface area (Å²) in [7, 11) is 0. The molecule has 25 heavy (non-hydrogen) atoms. The van der Waals surface area contributed by atoms with Gasteiger partial charge in [0, 0.05) is 39.4 Å². The van der Waals surface area contributed by atoms with E-state index in [1.54, 1.807) is 18.2 Å². The topological polar surface area (TPSA) is 70.9 Å². The molecule has 0 radical (unpaired) electrons. The van der Waals surface area contributed by atoms with Gasteiger partial charge in [-0.25, -0.2) is 0 Å². The van der Waals surface area contributed by atoms with Gasteiger partial charge in [0.2, 0.25) is 0 Å². The van der Waals surface area contributed by atoms with Crippen molar-refractivity contribution in [1.82, 2.24) is 10.1 Å². The van der Waals surface area contributed by atoms with Gasteiger partial charge in [-0.3, -0.25) is 4.79 Å². The predicted octanol–water partition coefficient (Wildman–Crippen LogP) is 5.04. The molecule has 0 spiro atoms. The van der Waals surface area contributed by atoms with Crippen molar-refractivity contribution in [3.05, 3.63) is 71.0 Å². The number of aromatic nitrogens is 2. The summed E-state index contributed by atoms with van der Waals surface area (Å²) in [5.74, 6) is 0.194. The van der Waals surface area contributed by atoms with Crippen LogP contribution < -0.4 is 5.32 Å². The number of halogens is 1.